The van der Waals surface area contributed by atoms with Crippen molar-refractivity contribution < 1.29 is 9.90 Å². The number of rotatable bonds is 3. The molecule has 1 saturated heterocycles. The van der Waals surface area contributed by atoms with Gasteiger partial charge in [0.25, 0.3) is 0 Å². The van der Waals surface area contributed by atoms with Crippen molar-refractivity contribution in [1.82, 2.24) is 10.2 Å². The summed E-state index contributed by atoms with van der Waals surface area (Å²) in [6.45, 7) is 2.00. The molecule has 0 bridgehead atoms. The minimum absolute atomic E-state index is 0.0469. The van der Waals surface area contributed by atoms with Gasteiger partial charge < -0.3 is 15.3 Å². The maximum atomic E-state index is 12.1. The number of aliphatic hydroxyl groups excluding tert-OH is 1. The van der Waals surface area contributed by atoms with Gasteiger partial charge in [-0.25, -0.2) is 0 Å². The van der Waals surface area contributed by atoms with E-state index in [0.29, 0.717) is 12.3 Å². The Morgan fingerprint density at radius 2 is 2.12 bits per heavy atom. The van der Waals surface area contributed by atoms with E-state index in [9.17, 15) is 9.90 Å². The molecule has 2 N–H and O–H groups in total. The Kier molecular flexibility index (Phi) is 4.40. The van der Waals surface area contributed by atoms with E-state index in [-0.39, 0.29) is 18.1 Å². The van der Waals surface area contributed by atoms with Crippen molar-refractivity contribution in [2.24, 2.45) is 5.92 Å². The molecule has 1 saturated carbocycles. The zero-order valence-corrected chi connectivity index (χ0v) is 10.7. The van der Waals surface area contributed by atoms with Gasteiger partial charge in [0.2, 0.25) is 5.91 Å². The Morgan fingerprint density at radius 3 is 2.76 bits per heavy atom. The SMILES string of the molecule is CN(C(=O)CC1CCNC1)C1CCCCC1O. The number of hydrogen-bond donors (Lipinski definition) is 2. The molecular weight excluding hydrogens is 216 g/mol. The molecule has 0 aromatic rings. The lowest BCUT2D eigenvalue weighted by molar-refractivity contribution is -0.136. The van der Waals surface area contributed by atoms with Gasteiger partial charge in [0, 0.05) is 13.5 Å². The van der Waals surface area contributed by atoms with Crippen LogP contribution in [0.5, 0.6) is 0 Å². The number of likely N-dealkylation sites (N-methyl/N-ethyl adjacent to an activating group) is 1. The lowest BCUT2D eigenvalue weighted by atomic mass is 9.91. The average molecular weight is 240 g/mol. The zero-order chi connectivity index (χ0) is 12.3. The lowest BCUT2D eigenvalue weighted by Crippen LogP contribution is -2.46. The highest BCUT2D eigenvalue weighted by Crippen LogP contribution is 2.24. The van der Waals surface area contributed by atoms with Crippen molar-refractivity contribution >= 4 is 5.91 Å². The van der Waals surface area contributed by atoms with Crippen LogP contribution in [-0.4, -0.2) is 48.2 Å². The largest absolute Gasteiger partial charge is 0.391 e. The highest BCUT2D eigenvalue weighted by atomic mass is 16.3. The first kappa shape index (κ1) is 12.8. The molecule has 0 aromatic heterocycles. The standard InChI is InChI=1S/C13H24N2O2/c1-15(11-4-2-3-5-12(11)16)13(17)8-10-6-7-14-9-10/h10-12,14,16H,2-9H2,1H3. The molecule has 4 nitrogen and oxygen atoms in total. The van der Waals surface area contributed by atoms with Gasteiger partial charge >= 0.3 is 0 Å². The van der Waals surface area contributed by atoms with E-state index < -0.39 is 0 Å². The predicted octanol–water partition coefficient (Wildman–Crippen LogP) is 0.748. The summed E-state index contributed by atoms with van der Waals surface area (Å²) in [6, 6.07) is 0.0469. The Hall–Kier alpha value is -0.610. The Bertz CT molecular complexity index is 264. The minimum atomic E-state index is -0.320. The number of carbonyl (C=O) groups excluding carboxylic acids is 1. The summed E-state index contributed by atoms with van der Waals surface area (Å²) in [5, 5.41) is 13.2. The third-order valence-corrected chi connectivity index (χ3v) is 4.21. The van der Waals surface area contributed by atoms with Crippen molar-refractivity contribution in [3.63, 3.8) is 0 Å². The van der Waals surface area contributed by atoms with Gasteiger partial charge in [0.1, 0.15) is 0 Å². The minimum Gasteiger partial charge on any atom is -0.391 e. The van der Waals surface area contributed by atoms with E-state index in [0.717, 1.165) is 45.2 Å². The van der Waals surface area contributed by atoms with E-state index in [2.05, 4.69) is 5.32 Å². The second-order valence-electron chi connectivity index (χ2n) is 5.49. The van der Waals surface area contributed by atoms with Crippen LogP contribution in [-0.2, 0) is 4.79 Å². The molecule has 98 valence electrons. The second-order valence-corrected chi connectivity index (χ2v) is 5.49. The van der Waals surface area contributed by atoms with E-state index in [4.69, 9.17) is 0 Å². The Balaban J connectivity index is 1.84. The number of aliphatic hydroxyl groups is 1. The number of hydrogen-bond acceptors (Lipinski definition) is 3. The predicted molar refractivity (Wildman–Crippen MR) is 66.6 cm³/mol. The molecule has 4 heteroatoms. The fourth-order valence-corrected chi connectivity index (χ4v) is 3.01. The fraction of sp³-hybridized carbons (Fsp3) is 0.923. The van der Waals surface area contributed by atoms with Gasteiger partial charge in [-0.3, -0.25) is 4.79 Å². The molecule has 0 aromatic carbocycles. The fourth-order valence-electron chi connectivity index (χ4n) is 3.01. The first-order chi connectivity index (χ1) is 8.18. The summed E-state index contributed by atoms with van der Waals surface area (Å²) in [6.07, 6.45) is 5.43. The van der Waals surface area contributed by atoms with Crippen LogP contribution < -0.4 is 5.32 Å². The van der Waals surface area contributed by atoms with Crippen LogP contribution in [0, 0.1) is 5.92 Å². The molecule has 3 unspecified atom stereocenters. The molecule has 1 heterocycles. The van der Waals surface area contributed by atoms with Gasteiger partial charge in [0.15, 0.2) is 0 Å². The van der Waals surface area contributed by atoms with Crippen LogP contribution in [0.2, 0.25) is 0 Å². The topological polar surface area (TPSA) is 52.6 Å². The van der Waals surface area contributed by atoms with Crippen molar-refractivity contribution in [3.05, 3.63) is 0 Å². The highest BCUT2D eigenvalue weighted by molar-refractivity contribution is 5.76. The Labute approximate surface area is 103 Å². The number of nitrogens with one attached hydrogen (secondary N) is 1. The monoisotopic (exact) mass is 240 g/mol. The number of amides is 1. The maximum absolute atomic E-state index is 12.1. The van der Waals surface area contributed by atoms with E-state index in [1.54, 1.807) is 4.90 Å². The van der Waals surface area contributed by atoms with Gasteiger partial charge in [-0.05, 0) is 38.3 Å². The molecule has 2 aliphatic rings. The molecule has 0 spiro atoms. The molecule has 2 rings (SSSR count). The molecule has 17 heavy (non-hydrogen) atoms. The van der Waals surface area contributed by atoms with Gasteiger partial charge in [-0.2, -0.15) is 0 Å². The molecule has 3 atom stereocenters. The Morgan fingerprint density at radius 1 is 1.35 bits per heavy atom. The van der Waals surface area contributed by atoms with E-state index in [1.807, 2.05) is 7.05 Å². The summed E-state index contributed by atoms with van der Waals surface area (Å²) in [5.41, 5.74) is 0. The summed E-state index contributed by atoms with van der Waals surface area (Å²) < 4.78 is 0. The highest BCUT2D eigenvalue weighted by Gasteiger charge is 2.30. The zero-order valence-electron chi connectivity index (χ0n) is 10.7. The van der Waals surface area contributed by atoms with Crippen LogP contribution in [0.15, 0.2) is 0 Å². The number of carbonyl (C=O) groups is 1. The van der Waals surface area contributed by atoms with Crippen molar-refractivity contribution in [2.45, 2.75) is 50.7 Å². The van der Waals surface area contributed by atoms with Crippen molar-refractivity contribution in [3.8, 4) is 0 Å². The molecule has 1 amide bonds. The van der Waals surface area contributed by atoms with Crippen LogP contribution in [0.4, 0.5) is 0 Å². The first-order valence-corrected chi connectivity index (χ1v) is 6.83. The average Bonchev–Trinajstić information content (AvgIpc) is 2.81. The van der Waals surface area contributed by atoms with Gasteiger partial charge in [-0.1, -0.05) is 12.8 Å². The summed E-state index contributed by atoms with van der Waals surface area (Å²) in [4.78, 5) is 13.9. The second kappa shape index (κ2) is 5.83. The molecule has 2 fully saturated rings. The van der Waals surface area contributed by atoms with Gasteiger partial charge in [-0.15, -0.1) is 0 Å². The summed E-state index contributed by atoms with van der Waals surface area (Å²) in [7, 11) is 1.85. The van der Waals surface area contributed by atoms with E-state index in [1.165, 1.54) is 0 Å². The van der Waals surface area contributed by atoms with Crippen molar-refractivity contribution in [1.29, 1.82) is 0 Å². The normalized spacial score (nSPS) is 33.6. The molecular formula is C13H24N2O2. The third-order valence-electron chi connectivity index (χ3n) is 4.21. The first-order valence-electron chi connectivity index (χ1n) is 6.83. The third kappa shape index (κ3) is 3.19. The van der Waals surface area contributed by atoms with Crippen LogP contribution in [0.1, 0.15) is 38.5 Å². The molecule has 1 aliphatic carbocycles. The summed E-state index contributed by atoms with van der Waals surface area (Å²) in [5.74, 6) is 0.690. The van der Waals surface area contributed by atoms with E-state index >= 15 is 0 Å². The van der Waals surface area contributed by atoms with Crippen LogP contribution >= 0.6 is 0 Å². The summed E-state index contributed by atoms with van der Waals surface area (Å²) >= 11 is 0. The van der Waals surface area contributed by atoms with Gasteiger partial charge in [0.05, 0.1) is 12.1 Å². The van der Waals surface area contributed by atoms with Crippen LogP contribution in [0.25, 0.3) is 0 Å². The van der Waals surface area contributed by atoms with Crippen molar-refractivity contribution in [2.75, 3.05) is 20.1 Å². The quantitative estimate of drug-likeness (QED) is 0.765. The lowest BCUT2D eigenvalue weighted by Gasteiger charge is -2.35. The number of nitrogens with zero attached hydrogens (tertiary/aromatic N) is 1. The molecule has 1 aliphatic heterocycles. The smallest absolute Gasteiger partial charge is 0.222 e. The maximum Gasteiger partial charge on any atom is 0.222 e. The van der Waals surface area contributed by atoms with Crippen LogP contribution in [0.3, 0.4) is 0 Å². The molecule has 0 radical (unpaired) electrons.